The third kappa shape index (κ3) is 12.1. The number of nitrogens with zero attached hydrogens (tertiary/aromatic N) is 2. The first-order valence-electron chi connectivity index (χ1n) is 20.8. The lowest BCUT2D eigenvalue weighted by Gasteiger charge is -2.34. The number of nitrogens with two attached hydrogens (primary N) is 1. The largest absolute Gasteiger partial charge is 0.372 e. The first-order valence-corrected chi connectivity index (χ1v) is 20.8. The minimum absolute atomic E-state index is 0.0562. The summed E-state index contributed by atoms with van der Waals surface area (Å²) in [6.07, 6.45) is 2.90. The second-order valence-corrected chi connectivity index (χ2v) is 15.8. The van der Waals surface area contributed by atoms with Crippen molar-refractivity contribution in [2.75, 3.05) is 6.54 Å². The molecule has 14 nitrogen and oxygen atoms in total. The van der Waals surface area contributed by atoms with Crippen LogP contribution in [0.15, 0.2) is 84.9 Å². The maximum absolute atomic E-state index is 14.8. The summed E-state index contributed by atoms with van der Waals surface area (Å²) in [6, 6.07) is 21.3. The minimum Gasteiger partial charge on any atom is -0.372 e. The molecule has 2 aliphatic rings. The van der Waals surface area contributed by atoms with Gasteiger partial charge in [-0.25, -0.2) is 0 Å². The highest BCUT2D eigenvalue weighted by atomic mass is 16.6. The van der Waals surface area contributed by atoms with Gasteiger partial charge in [0.1, 0.15) is 6.04 Å². The van der Waals surface area contributed by atoms with Crippen LogP contribution in [0.4, 0.5) is 5.69 Å². The lowest BCUT2D eigenvalue weighted by Crippen LogP contribution is -2.47. The molecule has 60 heavy (non-hydrogen) atoms. The number of nitrogens with one attached hydrogen (secondary N) is 1. The SMILES string of the molecule is CCCC(CC(=O)[C@@H]1C[C@@H](OCc2ccccc2)CN1C(=O)C(CC(=O)c1ccccc1[N+](=O)[O-])C1CCCCC1)C(=O)C(=O)CCC(=O)NC(C(N)=O)c1ccccc1. The second-order valence-electron chi connectivity index (χ2n) is 15.8. The molecule has 0 bridgehead atoms. The normalized spacial score (nSPS) is 18.2. The van der Waals surface area contributed by atoms with E-state index in [1.165, 1.54) is 23.1 Å². The quantitative estimate of drug-likeness (QED) is 0.0508. The predicted molar refractivity (Wildman–Crippen MR) is 221 cm³/mol. The monoisotopic (exact) mass is 822 g/mol. The van der Waals surface area contributed by atoms with Crippen LogP contribution in [0.3, 0.4) is 0 Å². The summed E-state index contributed by atoms with van der Waals surface area (Å²) in [7, 11) is 0. The number of primary amides is 1. The average Bonchev–Trinajstić information content (AvgIpc) is 3.70. The Morgan fingerprint density at radius 3 is 2.17 bits per heavy atom. The van der Waals surface area contributed by atoms with Gasteiger partial charge in [-0.3, -0.25) is 43.7 Å². The van der Waals surface area contributed by atoms with Crippen LogP contribution in [-0.4, -0.2) is 69.4 Å². The number of carbonyl (C=O) groups excluding carboxylic acids is 7. The highest BCUT2D eigenvalue weighted by Crippen LogP contribution is 2.37. The molecule has 2 fully saturated rings. The van der Waals surface area contributed by atoms with E-state index in [0.717, 1.165) is 24.8 Å². The Labute approximate surface area is 349 Å². The number of benzene rings is 3. The van der Waals surface area contributed by atoms with Crippen LogP contribution < -0.4 is 11.1 Å². The number of Topliss-reactive ketones (excluding diaryl/α,β-unsaturated/α-hetero) is 4. The van der Waals surface area contributed by atoms with Gasteiger partial charge >= 0.3 is 0 Å². The number of nitro benzene ring substituents is 1. The van der Waals surface area contributed by atoms with Gasteiger partial charge in [0.05, 0.1) is 29.2 Å². The van der Waals surface area contributed by atoms with E-state index in [-0.39, 0.29) is 62.4 Å². The smallest absolute Gasteiger partial charge is 0.280 e. The zero-order valence-electron chi connectivity index (χ0n) is 34.0. The number of hydrogen-bond acceptors (Lipinski definition) is 10. The molecular formula is C46H54N4O10. The van der Waals surface area contributed by atoms with Gasteiger partial charge in [-0.2, -0.15) is 0 Å². The summed E-state index contributed by atoms with van der Waals surface area (Å²) in [5.41, 5.74) is 6.45. The van der Waals surface area contributed by atoms with Gasteiger partial charge in [-0.05, 0) is 42.4 Å². The van der Waals surface area contributed by atoms with Crippen molar-refractivity contribution in [1.82, 2.24) is 10.2 Å². The molecule has 1 saturated heterocycles. The van der Waals surface area contributed by atoms with Gasteiger partial charge in [-0.1, -0.05) is 105 Å². The number of ether oxygens (including phenoxy) is 1. The van der Waals surface area contributed by atoms with E-state index in [1.54, 1.807) is 36.4 Å². The number of carbonyl (C=O) groups is 7. The number of ketones is 4. The summed E-state index contributed by atoms with van der Waals surface area (Å²) in [5.74, 6) is -6.48. The highest BCUT2D eigenvalue weighted by molar-refractivity contribution is 6.38. The molecule has 3 N–H and O–H groups in total. The third-order valence-corrected chi connectivity index (χ3v) is 11.6. The van der Waals surface area contributed by atoms with Gasteiger partial charge in [0.2, 0.25) is 23.5 Å². The maximum atomic E-state index is 14.8. The zero-order chi connectivity index (χ0) is 43.2. The van der Waals surface area contributed by atoms with Crippen molar-refractivity contribution in [2.24, 2.45) is 23.5 Å². The van der Waals surface area contributed by atoms with Gasteiger partial charge in [0.15, 0.2) is 17.3 Å². The molecule has 0 radical (unpaired) electrons. The van der Waals surface area contributed by atoms with Crippen molar-refractivity contribution in [3.05, 3.63) is 112 Å². The van der Waals surface area contributed by atoms with Gasteiger partial charge < -0.3 is 20.7 Å². The fourth-order valence-electron chi connectivity index (χ4n) is 8.47. The Kier molecular flexibility index (Phi) is 16.5. The molecule has 1 aliphatic heterocycles. The van der Waals surface area contributed by atoms with Gasteiger partial charge in [0.25, 0.3) is 5.69 Å². The number of rotatable bonds is 22. The summed E-state index contributed by atoms with van der Waals surface area (Å²) < 4.78 is 6.25. The lowest BCUT2D eigenvalue weighted by atomic mass is 9.76. The molecule has 318 valence electrons. The molecule has 1 heterocycles. The van der Waals surface area contributed by atoms with E-state index < -0.39 is 82.2 Å². The van der Waals surface area contributed by atoms with Crippen LogP contribution in [0.5, 0.6) is 0 Å². The molecule has 3 amide bonds. The van der Waals surface area contributed by atoms with E-state index in [9.17, 15) is 43.7 Å². The van der Waals surface area contributed by atoms with Crippen molar-refractivity contribution in [1.29, 1.82) is 0 Å². The molecule has 1 saturated carbocycles. The zero-order valence-corrected chi connectivity index (χ0v) is 34.0. The molecule has 14 heteroatoms. The van der Waals surface area contributed by atoms with Crippen molar-refractivity contribution < 1.29 is 43.2 Å². The molecular weight excluding hydrogens is 769 g/mol. The van der Waals surface area contributed by atoms with Gasteiger partial charge in [0, 0.05) is 56.6 Å². The molecule has 0 aromatic heterocycles. The Morgan fingerprint density at radius 2 is 1.52 bits per heavy atom. The number of likely N-dealkylation sites (tertiary alicyclic amines) is 1. The molecule has 5 atom stereocenters. The van der Waals surface area contributed by atoms with E-state index in [0.29, 0.717) is 24.8 Å². The van der Waals surface area contributed by atoms with Gasteiger partial charge in [-0.15, -0.1) is 0 Å². The Morgan fingerprint density at radius 1 is 0.867 bits per heavy atom. The van der Waals surface area contributed by atoms with E-state index in [1.807, 2.05) is 37.3 Å². The number of para-hydroxylation sites is 1. The van der Waals surface area contributed by atoms with E-state index in [4.69, 9.17) is 10.5 Å². The highest BCUT2D eigenvalue weighted by Gasteiger charge is 2.45. The fourth-order valence-corrected chi connectivity index (χ4v) is 8.47. The maximum Gasteiger partial charge on any atom is 0.280 e. The Hall–Kier alpha value is -5.89. The number of nitro groups is 1. The summed E-state index contributed by atoms with van der Waals surface area (Å²) >= 11 is 0. The van der Waals surface area contributed by atoms with Crippen molar-refractivity contribution in [3.63, 3.8) is 0 Å². The standard InChI is InChI=1S/C46H54N4O10/c1-2-14-33(44(55)39(51)23-24-42(54)48-43(45(47)56)32-19-10-5-11-20-32)25-41(53)38-26-34(60-29-30-15-6-3-7-16-30)28-49(38)46(57)36(31-17-8-4-9-18-31)27-40(52)35-21-12-13-22-37(35)50(58)59/h3,5-7,10-13,15-16,19-22,31,33-34,36,38,43H,2,4,8-9,14,17-18,23-29H2,1H3,(H2,47,56)(H,48,54)/t33?,34-,36?,38+,43?/m1/s1. The molecule has 5 rings (SSSR count). The van der Waals surface area contributed by atoms with Crippen molar-refractivity contribution in [3.8, 4) is 0 Å². The summed E-state index contributed by atoms with van der Waals surface area (Å²) in [5, 5.41) is 14.3. The fraction of sp³-hybridized carbons (Fsp3) is 0.457. The van der Waals surface area contributed by atoms with Crippen LogP contribution >= 0.6 is 0 Å². The molecule has 0 spiro atoms. The molecule has 3 aromatic carbocycles. The molecule has 3 aromatic rings. The van der Waals surface area contributed by atoms with Crippen LogP contribution in [-0.2, 0) is 40.1 Å². The van der Waals surface area contributed by atoms with Crippen LogP contribution in [0.25, 0.3) is 0 Å². The molecule has 1 aliphatic carbocycles. The first-order chi connectivity index (χ1) is 28.9. The van der Waals surface area contributed by atoms with Crippen LogP contribution in [0, 0.1) is 27.9 Å². The number of hydrogen-bond donors (Lipinski definition) is 2. The number of amides is 3. The second kappa shape index (κ2) is 21.9. The van der Waals surface area contributed by atoms with Crippen molar-refractivity contribution in [2.45, 2.75) is 109 Å². The van der Waals surface area contributed by atoms with Crippen molar-refractivity contribution >= 4 is 46.5 Å². The Bertz CT molecular complexity index is 2020. The van der Waals surface area contributed by atoms with Crippen LogP contribution in [0.1, 0.15) is 112 Å². The van der Waals surface area contributed by atoms with E-state index >= 15 is 0 Å². The Balaban J connectivity index is 1.33. The summed E-state index contributed by atoms with van der Waals surface area (Å²) in [4.78, 5) is 107. The summed E-state index contributed by atoms with van der Waals surface area (Å²) in [6.45, 7) is 2.10. The topological polar surface area (TPSA) is 213 Å². The minimum atomic E-state index is -1.12. The average molecular weight is 823 g/mol. The first kappa shape index (κ1) is 45.2. The lowest BCUT2D eigenvalue weighted by molar-refractivity contribution is -0.385. The predicted octanol–water partition coefficient (Wildman–Crippen LogP) is 6.19. The third-order valence-electron chi connectivity index (χ3n) is 11.6. The van der Waals surface area contributed by atoms with E-state index in [2.05, 4.69) is 5.32 Å². The van der Waals surface area contributed by atoms with Crippen LogP contribution in [0.2, 0.25) is 0 Å². The molecule has 3 unspecified atom stereocenters.